The van der Waals surface area contributed by atoms with Crippen LogP contribution in [0.2, 0.25) is 0 Å². The van der Waals surface area contributed by atoms with Gasteiger partial charge in [0.2, 0.25) is 5.44 Å². The molecule has 0 saturated heterocycles. The summed E-state index contributed by atoms with van der Waals surface area (Å²) in [6.45, 7) is 0.799. The maximum absolute atomic E-state index is 11.2. The Kier molecular flexibility index (Phi) is 6.37. The number of halogens is 1. The molecule has 4 rings (SSSR count). The molecule has 0 aliphatic carbocycles. The van der Waals surface area contributed by atoms with Crippen molar-refractivity contribution >= 4 is 45.3 Å². The van der Waals surface area contributed by atoms with Crippen LogP contribution < -0.4 is 14.4 Å². The topological polar surface area (TPSA) is 65.0 Å². The van der Waals surface area contributed by atoms with Gasteiger partial charge in [0, 0.05) is 6.42 Å². The average Bonchev–Trinajstić information content (AvgIpc) is 2.68. The Balaban J connectivity index is 0.00000225. The molecule has 0 radical (unpaired) electrons. The smallest absolute Gasteiger partial charge is 0.206 e. The molecule has 0 spiro atoms. The summed E-state index contributed by atoms with van der Waals surface area (Å²) in [5, 5.41) is 5.27. The fraction of sp³-hybridized carbons (Fsp3) is 0.238. The monoisotopic (exact) mass is 420 g/mol. The summed E-state index contributed by atoms with van der Waals surface area (Å²) < 4.78 is 30.0. The molecule has 3 aromatic carbocycles. The minimum Gasteiger partial charge on any atom is -0.467 e. The molecule has 3 aromatic rings. The van der Waals surface area contributed by atoms with Gasteiger partial charge in [-0.1, -0.05) is 53.2 Å². The molecule has 0 bridgehead atoms. The Morgan fingerprint density at radius 2 is 1.71 bits per heavy atom. The highest BCUT2D eigenvalue weighted by molar-refractivity contribution is 8.26. The third-order valence-electron chi connectivity index (χ3n) is 4.80. The molecule has 1 unspecified atom stereocenters. The molecule has 7 heteroatoms. The maximum atomic E-state index is 11.2. The highest BCUT2D eigenvalue weighted by Crippen LogP contribution is 2.61. The Morgan fingerprint density at radius 3 is 2.50 bits per heavy atom. The van der Waals surface area contributed by atoms with E-state index in [0.717, 1.165) is 29.4 Å². The van der Waals surface area contributed by atoms with Crippen molar-refractivity contribution in [1.29, 1.82) is 0 Å². The van der Waals surface area contributed by atoms with Gasteiger partial charge in [0.05, 0.1) is 5.69 Å². The zero-order valence-electron chi connectivity index (χ0n) is 15.6. The van der Waals surface area contributed by atoms with Gasteiger partial charge in [0.25, 0.3) is 0 Å². The lowest BCUT2D eigenvalue weighted by molar-refractivity contribution is 0.235. The standard InChI is InChI=1S/C21H24N2O3S.ClH/c1-22-14-6-11-21-26-20-10-5-4-9-19(20)23(27(21,24)25)18-13-12-16-7-2-3-8-17(16)15-18;/h2-5,7-10,12-13,15,21-22,24-25H,6,11,14H2,1H3;1H. The van der Waals surface area contributed by atoms with Crippen LogP contribution in [0.5, 0.6) is 5.75 Å². The summed E-state index contributed by atoms with van der Waals surface area (Å²) in [6, 6.07) is 21.5. The van der Waals surface area contributed by atoms with Crippen LogP contribution in [-0.4, -0.2) is 28.1 Å². The van der Waals surface area contributed by atoms with Gasteiger partial charge in [-0.2, -0.15) is 0 Å². The van der Waals surface area contributed by atoms with Gasteiger partial charge in [-0.25, -0.2) is 4.31 Å². The first kappa shape index (κ1) is 20.8. The van der Waals surface area contributed by atoms with Crippen LogP contribution in [0, 0.1) is 0 Å². The SMILES string of the molecule is CNCCCC1Oc2ccccc2N(c2ccc3ccccc3c2)S1(O)O.Cl. The van der Waals surface area contributed by atoms with Crippen molar-refractivity contribution in [2.75, 3.05) is 17.9 Å². The second kappa shape index (κ2) is 8.59. The van der Waals surface area contributed by atoms with Crippen LogP contribution in [-0.2, 0) is 0 Å². The number of fused-ring (bicyclic) bond motifs is 2. The number of rotatable bonds is 5. The zero-order chi connectivity index (χ0) is 18.9. The Bertz CT molecular complexity index is 954. The first-order valence-electron chi connectivity index (χ1n) is 9.08. The molecule has 1 aliphatic heterocycles. The molecule has 0 fully saturated rings. The second-order valence-electron chi connectivity index (χ2n) is 6.65. The van der Waals surface area contributed by atoms with E-state index in [-0.39, 0.29) is 12.4 Å². The minimum absolute atomic E-state index is 0. The van der Waals surface area contributed by atoms with Crippen molar-refractivity contribution in [2.45, 2.75) is 18.3 Å². The summed E-state index contributed by atoms with van der Waals surface area (Å²) in [5.74, 6) is 0.673. The molecule has 28 heavy (non-hydrogen) atoms. The summed E-state index contributed by atoms with van der Waals surface area (Å²) in [4.78, 5) is 0. The number of benzene rings is 3. The van der Waals surface area contributed by atoms with Crippen molar-refractivity contribution in [1.82, 2.24) is 5.32 Å². The van der Waals surface area contributed by atoms with Gasteiger partial charge in [0.15, 0.2) is 0 Å². The van der Waals surface area contributed by atoms with Gasteiger partial charge in [-0.15, -0.1) is 12.4 Å². The molecular weight excluding hydrogens is 396 g/mol. The van der Waals surface area contributed by atoms with E-state index in [1.54, 1.807) is 4.31 Å². The Morgan fingerprint density at radius 1 is 1.00 bits per heavy atom. The van der Waals surface area contributed by atoms with Crippen LogP contribution in [0.1, 0.15) is 12.8 Å². The highest BCUT2D eigenvalue weighted by Gasteiger charge is 2.40. The first-order chi connectivity index (χ1) is 13.1. The van der Waals surface area contributed by atoms with Gasteiger partial charge >= 0.3 is 0 Å². The van der Waals surface area contributed by atoms with E-state index < -0.39 is 16.2 Å². The Labute approximate surface area is 173 Å². The van der Waals surface area contributed by atoms with Crippen molar-refractivity contribution in [3.63, 3.8) is 0 Å². The molecular formula is C21H25ClN2O3S. The minimum atomic E-state index is -3.20. The number of nitrogens with zero attached hydrogens (tertiary/aromatic N) is 1. The second-order valence-corrected chi connectivity index (χ2v) is 8.66. The van der Waals surface area contributed by atoms with Crippen LogP contribution in [0.25, 0.3) is 10.8 Å². The molecule has 0 amide bonds. The predicted molar refractivity (Wildman–Crippen MR) is 120 cm³/mol. The molecule has 0 aromatic heterocycles. The van der Waals surface area contributed by atoms with E-state index in [9.17, 15) is 9.11 Å². The summed E-state index contributed by atoms with van der Waals surface area (Å²) in [7, 11) is -1.31. The van der Waals surface area contributed by atoms with Crippen molar-refractivity contribution in [2.24, 2.45) is 0 Å². The lowest BCUT2D eigenvalue weighted by atomic mass is 10.1. The number of nitrogens with one attached hydrogen (secondary N) is 1. The van der Waals surface area contributed by atoms with E-state index in [0.29, 0.717) is 17.9 Å². The van der Waals surface area contributed by atoms with Crippen molar-refractivity contribution < 1.29 is 13.8 Å². The van der Waals surface area contributed by atoms with E-state index in [1.165, 1.54) is 0 Å². The number of ether oxygens (including phenoxy) is 1. The number of hydrogen-bond donors (Lipinski definition) is 3. The van der Waals surface area contributed by atoms with Crippen LogP contribution in [0.4, 0.5) is 11.4 Å². The van der Waals surface area contributed by atoms with Crippen LogP contribution in [0.15, 0.2) is 66.7 Å². The molecule has 1 aliphatic rings. The first-order valence-corrected chi connectivity index (χ1v) is 10.6. The third-order valence-corrected chi connectivity index (χ3v) is 6.78. The van der Waals surface area contributed by atoms with Crippen molar-refractivity contribution in [3.8, 4) is 5.75 Å². The lowest BCUT2D eigenvalue weighted by Gasteiger charge is -2.51. The molecule has 150 valence electrons. The van der Waals surface area contributed by atoms with E-state index >= 15 is 0 Å². The van der Waals surface area contributed by atoms with Gasteiger partial charge in [-0.05, 0) is 55.1 Å². The largest absolute Gasteiger partial charge is 0.467 e. The van der Waals surface area contributed by atoms with Gasteiger partial charge in [-0.3, -0.25) is 9.11 Å². The number of anilines is 2. The quantitative estimate of drug-likeness (QED) is 0.456. The number of para-hydroxylation sites is 2. The average molecular weight is 421 g/mol. The molecule has 1 heterocycles. The van der Waals surface area contributed by atoms with Gasteiger partial charge < -0.3 is 10.1 Å². The fourth-order valence-corrected chi connectivity index (χ4v) is 5.27. The van der Waals surface area contributed by atoms with E-state index in [2.05, 4.69) is 5.32 Å². The summed E-state index contributed by atoms with van der Waals surface area (Å²) >= 11 is 0. The van der Waals surface area contributed by atoms with Crippen LogP contribution >= 0.6 is 23.2 Å². The maximum Gasteiger partial charge on any atom is 0.206 e. The zero-order valence-corrected chi connectivity index (χ0v) is 17.2. The molecule has 3 N–H and O–H groups in total. The van der Waals surface area contributed by atoms with Crippen LogP contribution in [0.3, 0.4) is 0 Å². The Hall–Kier alpha value is -1.96. The summed E-state index contributed by atoms with van der Waals surface area (Å²) in [5.41, 5.74) is 0.757. The molecule has 1 atom stereocenters. The lowest BCUT2D eigenvalue weighted by Crippen LogP contribution is -2.39. The summed E-state index contributed by atoms with van der Waals surface area (Å²) in [6.07, 6.45) is 1.35. The third kappa shape index (κ3) is 3.79. The van der Waals surface area contributed by atoms with Crippen molar-refractivity contribution in [3.05, 3.63) is 66.7 Å². The molecule has 5 nitrogen and oxygen atoms in total. The van der Waals surface area contributed by atoms with E-state index in [1.807, 2.05) is 73.8 Å². The van der Waals surface area contributed by atoms with E-state index in [4.69, 9.17) is 4.74 Å². The molecule has 0 saturated carbocycles. The normalized spacial score (nSPS) is 18.7. The fourth-order valence-electron chi connectivity index (χ4n) is 3.45. The number of hydrogen-bond acceptors (Lipinski definition) is 5. The van der Waals surface area contributed by atoms with Gasteiger partial charge in [0.1, 0.15) is 11.4 Å². The predicted octanol–water partition coefficient (Wildman–Crippen LogP) is 5.78. The highest BCUT2D eigenvalue weighted by atomic mass is 35.5.